The van der Waals surface area contributed by atoms with Crippen LogP contribution in [0.25, 0.3) is 0 Å². The third-order valence-corrected chi connectivity index (χ3v) is 0.747. The van der Waals surface area contributed by atoms with Gasteiger partial charge in [0.1, 0.15) is 0 Å². The van der Waals surface area contributed by atoms with Crippen molar-refractivity contribution in [2.75, 3.05) is 6.61 Å². The molecule has 0 saturated heterocycles. The highest BCUT2D eigenvalue weighted by molar-refractivity contribution is 9.11. The fourth-order valence-electron chi connectivity index (χ4n) is 0.131. The molecule has 0 aliphatic heterocycles. The predicted molar refractivity (Wildman–Crippen MR) is 28.2 cm³/mol. The van der Waals surface area contributed by atoms with Crippen molar-refractivity contribution in [2.24, 2.45) is 0 Å². The van der Waals surface area contributed by atoms with Crippen LogP contribution in [0.2, 0.25) is 0 Å². The molecule has 0 bridgehead atoms. The van der Waals surface area contributed by atoms with Gasteiger partial charge in [-0.25, -0.2) is 5.11 Å². The van der Waals surface area contributed by atoms with Crippen LogP contribution in [0, 0.1) is 0 Å². The molecule has 0 aliphatic carbocycles. The Hall–Kier alpha value is 0.180. The highest BCUT2D eigenvalue weighted by Gasteiger charge is 1.68. The van der Waals surface area contributed by atoms with Crippen LogP contribution in [0.5, 0.6) is 0 Å². The van der Waals surface area contributed by atoms with Crippen molar-refractivity contribution in [1.29, 1.82) is 0 Å². The van der Waals surface area contributed by atoms with Gasteiger partial charge in [0.2, 0.25) is 0 Å². The molecule has 0 aromatic carbocycles. The summed E-state index contributed by atoms with van der Waals surface area (Å²) in [6, 6.07) is 0. The number of hydrogen-bond acceptors (Lipinski definition) is 0. The van der Waals surface area contributed by atoms with E-state index in [0.717, 1.165) is 0 Å². The molecule has 0 heterocycles. The van der Waals surface area contributed by atoms with Crippen LogP contribution in [-0.4, -0.2) is 6.61 Å². The Kier molecular flexibility index (Phi) is 5.34. The molecule has 0 unspecified atom stereocenters. The first-order valence-electron chi connectivity index (χ1n) is 1.75. The van der Waals surface area contributed by atoms with Crippen molar-refractivity contribution in [3.63, 3.8) is 0 Å². The van der Waals surface area contributed by atoms with E-state index in [2.05, 4.69) is 15.9 Å². The highest BCUT2D eigenvalue weighted by Crippen LogP contribution is 1.84. The fourth-order valence-corrected chi connectivity index (χ4v) is 0.395. The van der Waals surface area contributed by atoms with Crippen molar-refractivity contribution in [2.45, 2.75) is 6.42 Å². The molecule has 0 amide bonds. The number of halogens is 1. The number of hydrogen-bond donors (Lipinski definition) is 0. The molecular formula is C4H6BrO. The summed E-state index contributed by atoms with van der Waals surface area (Å²) in [6.45, 7) is -0.0118. The van der Waals surface area contributed by atoms with E-state index in [-0.39, 0.29) is 6.61 Å². The van der Waals surface area contributed by atoms with Crippen molar-refractivity contribution in [3.05, 3.63) is 11.1 Å². The van der Waals surface area contributed by atoms with Gasteiger partial charge < -0.3 is 0 Å². The second-order valence-electron chi connectivity index (χ2n) is 0.854. The van der Waals surface area contributed by atoms with Gasteiger partial charge in [0, 0.05) is 0 Å². The Balaban J connectivity index is 2.66. The molecule has 0 aromatic rings. The zero-order valence-corrected chi connectivity index (χ0v) is 4.94. The van der Waals surface area contributed by atoms with Gasteiger partial charge in [0.25, 0.3) is 0 Å². The second-order valence-corrected chi connectivity index (χ2v) is 1.38. The predicted octanol–water partition coefficient (Wildman–Crippen LogP) is 1.72. The average molecular weight is 150 g/mol. The smallest absolute Gasteiger partial charge is 0.0857 e. The summed E-state index contributed by atoms with van der Waals surface area (Å²) >= 11 is 3.03. The summed E-state index contributed by atoms with van der Waals surface area (Å²) in [5.74, 6) is 0. The Bertz CT molecular complexity index is 42.8. The largest absolute Gasteiger partial charge is 0.236 e. The molecule has 0 rings (SSSR count). The molecule has 0 fully saturated rings. The lowest BCUT2D eigenvalue weighted by Gasteiger charge is -1.72. The van der Waals surface area contributed by atoms with E-state index in [9.17, 15) is 5.11 Å². The molecule has 0 spiro atoms. The summed E-state index contributed by atoms with van der Waals surface area (Å²) in [6.07, 6.45) is 2.41. The Morgan fingerprint density at radius 1 is 1.67 bits per heavy atom. The lowest BCUT2D eigenvalue weighted by Crippen LogP contribution is -1.69. The summed E-state index contributed by atoms with van der Waals surface area (Å²) in [5.41, 5.74) is 0. The van der Waals surface area contributed by atoms with E-state index < -0.39 is 0 Å². The molecule has 0 saturated carbocycles. The van der Waals surface area contributed by atoms with Crippen LogP contribution in [0.15, 0.2) is 11.1 Å². The van der Waals surface area contributed by atoms with Gasteiger partial charge in [-0.2, -0.15) is 0 Å². The van der Waals surface area contributed by atoms with Crippen LogP contribution in [0.3, 0.4) is 0 Å². The SMILES string of the molecule is [O]CC/C=C/Br. The molecule has 0 aliphatic rings. The Labute approximate surface area is 45.8 Å². The van der Waals surface area contributed by atoms with Crippen LogP contribution in [0.4, 0.5) is 0 Å². The topological polar surface area (TPSA) is 19.9 Å². The van der Waals surface area contributed by atoms with Gasteiger partial charge in [-0.15, -0.1) is 0 Å². The normalized spacial score (nSPS) is 10.3. The molecule has 1 radical (unpaired) electrons. The molecule has 0 N–H and O–H groups in total. The van der Waals surface area contributed by atoms with E-state index >= 15 is 0 Å². The maximum absolute atomic E-state index is 9.62. The summed E-state index contributed by atoms with van der Waals surface area (Å²) in [7, 11) is 0. The van der Waals surface area contributed by atoms with E-state index in [4.69, 9.17) is 0 Å². The Morgan fingerprint density at radius 3 is 2.50 bits per heavy atom. The fraction of sp³-hybridized carbons (Fsp3) is 0.500. The maximum Gasteiger partial charge on any atom is 0.0857 e. The van der Waals surface area contributed by atoms with Gasteiger partial charge >= 0.3 is 0 Å². The third kappa shape index (κ3) is 4.18. The zero-order valence-electron chi connectivity index (χ0n) is 3.36. The minimum atomic E-state index is -0.0118. The average Bonchev–Trinajstić information content (AvgIpc) is 1.61. The van der Waals surface area contributed by atoms with Gasteiger partial charge in [-0.3, -0.25) is 0 Å². The van der Waals surface area contributed by atoms with Gasteiger partial charge in [0.15, 0.2) is 0 Å². The first kappa shape index (κ1) is 6.18. The second kappa shape index (κ2) is 5.18. The minimum absolute atomic E-state index is 0.0118. The first-order chi connectivity index (χ1) is 2.91. The minimum Gasteiger partial charge on any atom is -0.236 e. The van der Waals surface area contributed by atoms with E-state index in [0.29, 0.717) is 6.42 Å². The van der Waals surface area contributed by atoms with E-state index in [1.807, 2.05) is 0 Å². The first-order valence-corrected chi connectivity index (χ1v) is 2.66. The summed E-state index contributed by atoms with van der Waals surface area (Å²) in [4.78, 5) is 1.70. The summed E-state index contributed by atoms with van der Waals surface area (Å²) < 4.78 is 0. The zero-order chi connectivity index (χ0) is 4.83. The quantitative estimate of drug-likeness (QED) is 0.571. The molecule has 35 valence electrons. The van der Waals surface area contributed by atoms with Gasteiger partial charge in [-0.1, -0.05) is 22.0 Å². The molecule has 1 nitrogen and oxygen atoms in total. The van der Waals surface area contributed by atoms with Gasteiger partial charge in [0.05, 0.1) is 6.61 Å². The van der Waals surface area contributed by atoms with Crippen molar-refractivity contribution >= 4 is 15.9 Å². The molecule has 6 heavy (non-hydrogen) atoms. The van der Waals surface area contributed by atoms with Crippen molar-refractivity contribution in [3.8, 4) is 0 Å². The van der Waals surface area contributed by atoms with Crippen molar-refractivity contribution < 1.29 is 5.11 Å². The molecule has 0 aromatic heterocycles. The van der Waals surface area contributed by atoms with Crippen LogP contribution in [-0.2, 0) is 5.11 Å². The highest BCUT2D eigenvalue weighted by atomic mass is 79.9. The van der Waals surface area contributed by atoms with E-state index in [1.54, 1.807) is 11.1 Å². The lowest BCUT2D eigenvalue weighted by molar-refractivity contribution is 0.199. The monoisotopic (exact) mass is 149 g/mol. The van der Waals surface area contributed by atoms with E-state index in [1.165, 1.54) is 0 Å². The Morgan fingerprint density at radius 2 is 2.33 bits per heavy atom. The third-order valence-electron chi connectivity index (χ3n) is 0.374. The standard InChI is InChI=1S/C4H6BrO/c5-3-1-2-4-6/h1,3H,2,4H2/b3-1+. The molecular weight excluding hydrogens is 144 g/mol. The van der Waals surface area contributed by atoms with Crippen LogP contribution < -0.4 is 0 Å². The van der Waals surface area contributed by atoms with Crippen LogP contribution in [0.1, 0.15) is 6.42 Å². The summed E-state index contributed by atoms with van der Waals surface area (Å²) in [5, 5.41) is 9.62. The molecule has 0 atom stereocenters. The van der Waals surface area contributed by atoms with Gasteiger partial charge in [-0.05, 0) is 11.4 Å². The number of rotatable bonds is 2. The molecule has 2 heteroatoms. The lowest BCUT2D eigenvalue weighted by atomic mass is 10.5. The maximum atomic E-state index is 9.62. The van der Waals surface area contributed by atoms with Crippen molar-refractivity contribution in [1.82, 2.24) is 0 Å². The van der Waals surface area contributed by atoms with Crippen LogP contribution >= 0.6 is 15.9 Å².